The Morgan fingerprint density at radius 2 is 1.88 bits per heavy atom. The molecule has 1 aliphatic carbocycles. The molecular weight excluding hydrogens is 450 g/mol. The number of hydrogen-bond acceptors (Lipinski definition) is 6. The molecular formula is C26H35N3O4S. The molecule has 0 bridgehead atoms. The van der Waals surface area contributed by atoms with Crippen molar-refractivity contribution in [1.82, 2.24) is 15.2 Å². The van der Waals surface area contributed by atoms with Gasteiger partial charge in [0.15, 0.2) is 11.5 Å². The lowest BCUT2D eigenvalue weighted by Crippen LogP contribution is -2.33. The number of hydrogen-bond donors (Lipinski definition) is 2. The van der Waals surface area contributed by atoms with Gasteiger partial charge >= 0.3 is 0 Å². The second-order valence-electron chi connectivity index (χ2n) is 9.58. The average molecular weight is 486 g/mol. The van der Waals surface area contributed by atoms with Crippen LogP contribution in [0.4, 0.5) is 0 Å². The molecule has 2 aliphatic rings. The number of amides is 1. The molecule has 1 saturated carbocycles. The second kappa shape index (κ2) is 10.0. The van der Waals surface area contributed by atoms with Crippen molar-refractivity contribution in [2.45, 2.75) is 76.1 Å². The summed E-state index contributed by atoms with van der Waals surface area (Å²) in [6.07, 6.45) is 5.79. The fourth-order valence-corrected chi connectivity index (χ4v) is 5.92. The Hall–Kier alpha value is -2.45. The number of nitrogens with one attached hydrogen (secondary N) is 2. The van der Waals surface area contributed by atoms with E-state index in [0.717, 1.165) is 47.4 Å². The third-order valence-electron chi connectivity index (χ3n) is 7.06. The number of thioether (sulfide) groups is 1. The number of carbonyl (C=O) groups is 1. The van der Waals surface area contributed by atoms with Gasteiger partial charge in [-0.05, 0) is 83.5 Å². The number of rotatable bonds is 6. The van der Waals surface area contributed by atoms with Crippen LogP contribution in [0.15, 0.2) is 21.8 Å². The lowest BCUT2D eigenvalue weighted by atomic mass is 9.78. The van der Waals surface area contributed by atoms with Crippen molar-refractivity contribution in [3.05, 3.63) is 50.4 Å². The molecule has 2 heterocycles. The van der Waals surface area contributed by atoms with E-state index in [1.165, 1.54) is 11.8 Å². The molecule has 184 valence electrons. The van der Waals surface area contributed by atoms with Gasteiger partial charge in [0.1, 0.15) is 0 Å². The van der Waals surface area contributed by atoms with Gasteiger partial charge < -0.3 is 24.7 Å². The summed E-state index contributed by atoms with van der Waals surface area (Å²) < 4.78 is 11.8. The molecule has 0 saturated heterocycles. The van der Waals surface area contributed by atoms with E-state index in [-0.39, 0.29) is 30.2 Å². The van der Waals surface area contributed by atoms with Gasteiger partial charge in [-0.25, -0.2) is 0 Å². The Morgan fingerprint density at radius 1 is 1.18 bits per heavy atom. The highest BCUT2D eigenvalue weighted by molar-refractivity contribution is 7.98. The van der Waals surface area contributed by atoms with E-state index in [1.807, 2.05) is 39.2 Å². The van der Waals surface area contributed by atoms with Gasteiger partial charge in [-0.3, -0.25) is 9.59 Å². The standard InChI is InChI=1S/C26H35N3O4S/c1-14-11-22(34-6)20(25(30)28-14)13-27-26(31)23-15(2)24-21(32-16(3)33-24)12-19(23)17-7-9-18(10-8-17)29(4)5/h11-12,16-18H,7-10,13H2,1-6H3,(H,27,31)(H,28,30). The number of nitrogens with zero attached hydrogens (tertiary/aromatic N) is 1. The van der Waals surface area contributed by atoms with Gasteiger partial charge in [0.2, 0.25) is 6.29 Å². The lowest BCUT2D eigenvalue weighted by Gasteiger charge is -2.33. The molecule has 1 aromatic carbocycles. The van der Waals surface area contributed by atoms with Gasteiger partial charge in [-0.2, -0.15) is 0 Å². The summed E-state index contributed by atoms with van der Waals surface area (Å²) in [7, 11) is 4.26. The van der Waals surface area contributed by atoms with E-state index >= 15 is 0 Å². The molecule has 1 amide bonds. The largest absolute Gasteiger partial charge is 0.451 e. The van der Waals surface area contributed by atoms with Crippen LogP contribution in [0.1, 0.15) is 71.3 Å². The molecule has 1 aromatic heterocycles. The molecule has 8 heteroatoms. The minimum Gasteiger partial charge on any atom is -0.451 e. The van der Waals surface area contributed by atoms with Crippen LogP contribution in [0.25, 0.3) is 0 Å². The van der Waals surface area contributed by atoms with Crippen LogP contribution >= 0.6 is 11.8 Å². The molecule has 0 spiro atoms. The van der Waals surface area contributed by atoms with Crippen molar-refractivity contribution in [1.29, 1.82) is 0 Å². The van der Waals surface area contributed by atoms with Gasteiger partial charge in [0.05, 0.1) is 0 Å². The van der Waals surface area contributed by atoms with Gasteiger partial charge in [0.25, 0.3) is 11.5 Å². The Morgan fingerprint density at radius 3 is 2.53 bits per heavy atom. The number of pyridine rings is 1. The molecule has 1 aliphatic heterocycles. The summed E-state index contributed by atoms with van der Waals surface area (Å²) in [5.41, 5.74) is 3.69. The SMILES string of the molecule is CSc1cc(C)[nH]c(=O)c1CNC(=O)c1c(C2CCC(N(C)C)CC2)cc2c(c1C)OC(C)O2. The van der Waals surface area contributed by atoms with E-state index in [1.54, 1.807) is 0 Å². The van der Waals surface area contributed by atoms with E-state index in [0.29, 0.717) is 28.7 Å². The summed E-state index contributed by atoms with van der Waals surface area (Å²) in [5.74, 6) is 1.46. The number of H-pyrrole nitrogens is 1. The fourth-order valence-electron chi connectivity index (χ4n) is 5.22. The molecule has 7 nitrogen and oxygen atoms in total. The summed E-state index contributed by atoms with van der Waals surface area (Å²) in [5, 5.41) is 3.02. The van der Waals surface area contributed by atoms with E-state index in [2.05, 4.69) is 29.3 Å². The van der Waals surface area contributed by atoms with Crippen molar-refractivity contribution >= 4 is 17.7 Å². The van der Waals surface area contributed by atoms with Crippen LogP contribution in [0, 0.1) is 13.8 Å². The molecule has 2 N–H and O–H groups in total. The monoisotopic (exact) mass is 485 g/mol. The van der Waals surface area contributed by atoms with Gasteiger partial charge in [-0.1, -0.05) is 0 Å². The summed E-state index contributed by atoms with van der Waals surface area (Å²) in [4.78, 5) is 32.2. The third-order valence-corrected chi connectivity index (χ3v) is 7.86. The lowest BCUT2D eigenvalue weighted by molar-refractivity contribution is 0.0673. The number of ether oxygens (including phenoxy) is 2. The van der Waals surface area contributed by atoms with Crippen LogP contribution in [0.2, 0.25) is 0 Å². The van der Waals surface area contributed by atoms with Crippen molar-refractivity contribution in [2.75, 3.05) is 20.4 Å². The molecule has 1 unspecified atom stereocenters. The van der Waals surface area contributed by atoms with E-state index in [4.69, 9.17) is 9.47 Å². The number of benzene rings is 1. The van der Waals surface area contributed by atoms with Crippen molar-refractivity contribution in [2.24, 2.45) is 0 Å². The summed E-state index contributed by atoms with van der Waals surface area (Å²) in [6.45, 7) is 5.81. The van der Waals surface area contributed by atoms with Gasteiger partial charge in [0, 0.05) is 46.8 Å². The van der Waals surface area contributed by atoms with E-state index < -0.39 is 0 Å². The maximum atomic E-state index is 13.6. The number of aromatic nitrogens is 1. The minimum absolute atomic E-state index is 0.164. The molecule has 0 radical (unpaired) electrons. The zero-order chi connectivity index (χ0) is 24.6. The number of aryl methyl sites for hydroxylation is 1. The summed E-state index contributed by atoms with van der Waals surface area (Å²) in [6, 6.07) is 4.52. The molecule has 1 fully saturated rings. The molecule has 1 atom stereocenters. The van der Waals surface area contributed by atoms with Gasteiger partial charge in [-0.15, -0.1) is 11.8 Å². The van der Waals surface area contributed by atoms with Crippen LogP contribution in [0.5, 0.6) is 11.5 Å². The Labute approximate surface area is 205 Å². The van der Waals surface area contributed by atoms with Crippen molar-refractivity contribution in [3.63, 3.8) is 0 Å². The van der Waals surface area contributed by atoms with Crippen molar-refractivity contribution < 1.29 is 14.3 Å². The normalized spacial score (nSPS) is 21.7. The topological polar surface area (TPSA) is 83.7 Å². The highest BCUT2D eigenvalue weighted by Gasteiger charge is 2.33. The quantitative estimate of drug-likeness (QED) is 0.592. The Balaban J connectivity index is 1.65. The van der Waals surface area contributed by atoms with Crippen LogP contribution in [-0.4, -0.2) is 48.5 Å². The number of carbonyl (C=O) groups excluding carboxylic acids is 1. The number of fused-ring (bicyclic) bond motifs is 1. The maximum Gasteiger partial charge on any atom is 0.254 e. The molecule has 34 heavy (non-hydrogen) atoms. The van der Waals surface area contributed by atoms with Crippen LogP contribution in [-0.2, 0) is 6.54 Å². The second-order valence-corrected chi connectivity index (χ2v) is 10.4. The Kier molecular flexibility index (Phi) is 7.28. The third kappa shape index (κ3) is 4.84. The van der Waals surface area contributed by atoms with Crippen molar-refractivity contribution in [3.8, 4) is 11.5 Å². The number of aromatic amines is 1. The Bertz CT molecular complexity index is 1140. The highest BCUT2D eigenvalue weighted by atomic mass is 32.2. The summed E-state index contributed by atoms with van der Waals surface area (Å²) >= 11 is 1.51. The maximum absolute atomic E-state index is 13.6. The first-order valence-corrected chi connectivity index (χ1v) is 13.1. The minimum atomic E-state index is -0.375. The smallest absolute Gasteiger partial charge is 0.254 e. The zero-order valence-electron chi connectivity index (χ0n) is 20.9. The first-order chi connectivity index (χ1) is 16.2. The van der Waals surface area contributed by atoms with Crippen LogP contribution in [0.3, 0.4) is 0 Å². The average Bonchev–Trinajstić information content (AvgIpc) is 3.18. The molecule has 4 rings (SSSR count). The fraction of sp³-hybridized carbons (Fsp3) is 0.538. The zero-order valence-corrected chi connectivity index (χ0v) is 21.7. The van der Waals surface area contributed by atoms with E-state index in [9.17, 15) is 9.59 Å². The first-order valence-electron chi connectivity index (χ1n) is 11.9. The predicted molar refractivity (Wildman–Crippen MR) is 135 cm³/mol. The highest BCUT2D eigenvalue weighted by Crippen LogP contribution is 2.45. The first kappa shape index (κ1) is 24.7. The predicted octanol–water partition coefficient (Wildman–Crippen LogP) is 4.35. The molecule has 2 aromatic rings. The van der Waals surface area contributed by atoms with Crippen LogP contribution < -0.4 is 20.3 Å².